The lowest BCUT2D eigenvalue weighted by Gasteiger charge is -2.05. The number of carbonyl (C=O) groups excluding carboxylic acids is 1. The summed E-state index contributed by atoms with van der Waals surface area (Å²) in [5, 5.41) is 19.2. The molecule has 0 aliphatic heterocycles. The molecule has 0 aliphatic rings. The number of nitro groups is 1. The number of ether oxygens (including phenoxy) is 1. The Balaban J connectivity index is 2.62. The van der Waals surface area contributed by atoms with E-state index in [1.54, 1.807) is 24.3 Å². The number of nitro benzene ring substituents is 1. The molecule has 94 valence electrons. The molecular formula is C11H10N2O4S. The first-order valence-electron chi connectivity index (χ1n) is 5.00. The van der Waals surface area contributed by atoms with Crippen molar-refractivity contribution in [2.45, 2.75) is 17.9 Å². The first-order chi connectivity index (χ1) is 8.54. The van der Waals surface area contributed by atoms with Crippen molar-refractivity contribution in [3.63, 3.8) is 0 Å². The van der Waals surface area contributed by atoms with Crippen molar-refractivity contribution in [1.82, 2.24) is 0 Å². The van der Waals surface area contributed by atoms with Gasteiger partial charge in [-0.15, -0.1) is 11.8 Å². The molecule has 0 saturated heterocycles. The van der Waals surface area contributed by atoms with Crippen LogP contribution in [0, 0.1) is 21.4 Å². The largest absolute Gasteiger partial charge is 0.447 e. The fourth-order valence-electron chi connectivity index (χ4n) is 1.12. The number of rotatable bonds is 5. The maximum Gasteiger partial charge on any atom is 0.317 e. The number of esters is 1. The van der Waals surface area contributed by atoms with Crippen LogP contribution in [0.5, 0.6) is 0 Å². The van der Waals surface area contributed by atoms with Crippen LogP contribution in [0.25, 0.3) is 0 Å². The van der Waals surface area contributed by atoms with Crippen molar-refractivity contribution in [2.24, 2.45) is 0 Å². The van der Waals surface area contributed by atoms with E-state index in [0.717, 1.165) is 11.8 Å². The van der Waals surface area contributed by atoms with Gasteiger partial charge in [-0.25, -0.2) is 0 Å². The maximum atomic E-state index is 11.3. The molecule has 1 aromatic rings. The molecule has 1 aromatic carbocycles. The Morgan fingerprint density at radius 1 is 1.61 bits per heavy atom. The highest BCUT2D eigenvalue weighted by Gasteiger charge is 2.15. The number of benzene rings is 1. The molecular weight excluding hydrogens is 256 g/mol. The summed E-state index contributed by atoms with van der Waals surface area (Å²) < 4.78 is 4.73. The molecule has 1 atom stereocenters. The third-order valence-electron chi connectivity index (χ3n) is 1.90. The molecule has 0 bridgehead atoms. The molecule has 0 spiro atoms. The van der Waals surface area contributed by atoms with E-state index >= 15 is 0 Å². The maximum absolute atomic E-state index is 11.3. The average molecular weight is 266 g/mol. The van der Waals surface area contributed by atoms with Crippen LogP contribution in [-0.4, -0.2) is 22.7 Å². The zero-order valence-corrected chi connectivity index (χ0v) is 10.3. The van der Waals surface area contributed by atoms with Crippen LogP contribution < -0.4 is 0 Å². The molecule has 0 unspecified atom stereocenters. The molecule has 0 aromatic heterocycles. The van der Waals surface area contributed by atoms with Crippen LogP contribution >= 0.6 is 11.8 Å². The molecule has 0 aliphatic carbocycles. The molecule has 7 heteroatoms. The SMILES string of the molecule is C[C@@H](C#N)OC(=O)CSc1ccccc1[N+](=O)[O-]. The van der Waals surface area contributed by atoms with Crippen molar-refractivity contribution in [3.05, 3.63) is 34.4 Å². The van der Waals surface area contributed by atoms with Crippen molar-refractivity contribution >= 4 is 23.4 Å². The molecule has 0 radical (unpaired) electrons. The molecule has 0 fully saturated rings. The summed E-state index contributed by atoms with van der Waals surface area (Å²) in [7, 11) is 0. The lowest BCUT2D eigenvalue weighted by atomic mass is 10.3. The fourth-order valence-corrected chi connectivity index (χ4v) is 1.93. The van der Waals surface area contributed by atoms with Crippen LogP contribution in [0.1, 0.15) is 6.92 Å². The van der Waals surface area contributed by atoms with E-state index in [1.807, 2.05) is 0 Å². The Kier molecular flexibility index (Phi) is 5.14. The van der Waals surface area contributed by atoms with Crippen LogP contribution in [-0.2, 0) is 9.53 Å². The van der Waals surface area contributed by atoms with Gasteiger partial charge in [0.15, 0.2) is 6.10 Å². The zero-order chi connectivity index (χ0) is 13.5. The van der Waals surface area contributed by atoms with Crippen molar-refractivity contribution in [1.29, 1.82) is 5.26 Å². The first-order valence-corrected chi connectivity index (χ1v) is 5.98. The quantitative estimate of drug-likeness (QED) is 0.351. The van der Waals surface area contributed by atoms with E-state index in [1.165, 1.54) is 13.0 Å². The molecule has 0 heterocycles. The second-order valence-electron chi connectivity index (χ2n) is 3.27. The average Bonchev–Trinajstić information content (AvgIpc) is 2.36. The van der Waals surface area contributed by atoms with Crippen molar-refractivity contribution < 1.29 is 14.5 Å². The zero-order valence-electron chi connectivity index (χ0n) is 9.53. The molecule has 0 amide bonds. The highest BCUT2D eigenvalue weighted by atomic mass is 32.2. The number of thioether (sulfide) groups is 1. The first kappa shape index (κ1) is 14.0. The van der Waals surface area contributed by atoms with E-state index in [-0.39, 0.29) is 11.4 Å². The minimum atomic E-state index is -0.816. The Morgan fingerprint density at radius 2 is 2.28 bits per heavy atom. The number of hydrogen-bond acceptors (Lipinski definition) is 6. The van der Waals surface area contributed by atoms with Crippen molar-refractivity contribution in [3.8, 4) is 6.07 Å². The van der Waals surface area contributed by atoms with E-state index in [4.69, 9.17) is 10.00 Å². The summed E-state index contributed by atoms with van der Waals surface area (Å²) in [4.78, 5) is 21.9. The normalized spacial score (nSPS) is 11.3. The Morgan fingerprint density at radius 3 is 2.89 bits per heavy atom. The van der Waals surface area contributed by atoms with Gasteiger partial charge in [-0.3, -0.25) is 14.9 Å². The summed E-state index contributed by atoms with van der Waals surface area (Å²) in [5.41, 5.74) is -0.0522. The van der Waals surface area contributed by atoms with Gasteiger partial charge in [0.25, 0.3) is 5.69 Å². The molecule has 0 saturated carbocycles. The van der Waals surface area contributed by atoms with Gasteiger partial charge in [0.2, 0.25) is 0 Å². The van der Waals surface area contributed by atoms with E-state index < -0.39 is 17.0 Å². The monoisotopic (exact) mass is 266 g/mol. The van der Waals surface area contributed by atoms with Gasteiger partial charge in [0, 0.05) is 6.07 Å². The Labute approximate surface area is 108 Å². The van der Waals surface area contributed by atoms with E-state index in [2.05, 4.69) is 0 Å². The minimum Gasteiger partial charge on any atom is -0.447 e. The summed E-state index contributed by atoms with van der Waals surface area (Å²) in [6, 6.07) is 7.89. The second kappa shape index (κ2) is 6.61. The number of hydrogen-bond donors (Lipinski definition) is 0. The third-order valence-corrected chi connectivity index (χ3v) is 2.93. The summed E-state index contributed by atoms with van der Waals surface area (Å²) in [5.74, 6) is -0.649. The molecule has 1 rings (SSSR count). The highest BCUT2D eigenvalue weighted by molar-refractivity contribution is 8.00. The van der Waals surface area contributed by atoms with Gasteiger partial charge in [-0.05, 0) is 13.0 Å². The summed E-state index contributed by atoms with van der Waals surface area (Å²) in [6.07, 6.45) is -0.816. The van der Waals surface area contributed by atoms with Gasteiger partial charge in [0.05, 0.1) is 15.6 Å². The Bertz CT molecular complexity index is 498. The highest BCUT2D eigenvalue weighted by Crippen LogP contribution is 2.28. The van der Waals surface area contributed by atoms with Crippen LogP contribution in [0.15, 0.2) is 29.2 Å². The smallest absolute Gasteiger partial charge is 0.317 e. The number of carbonyl (C=O) groups is 1. The van der Waals surface area contributed by atoms with Crippen LogP contribution in [0.4, 0.5) is 5.69 Å². The van der Waals surface area contributed by atoms with Gasteiger partial charge in [-0.1, -0.05) is 12.1 Å². The van der Waals surface area contributed by atoms with Crippen LogP contribution in [0.3, 0.4) is 0 Å². The minimum absolute atomic E-state index is 0.0522. The number of para-hydroxylation sites is 1. The van der Waals surface area contributed by atoms with E-state index in [0.29, 0.717) is 4.90 Å². The number of nitrogens with zero attached hydrogens (tertiary/aromatic N) is 2. The van der Waals surface area contributed by atoms with Gasteiger partial charge >= 0.3 is 5.97 Å². The lowest BCUT2D eigenvalue weighted by molar-refractivity contribution is -0.387. The topological polar surface area (TPSA) is 93.2 Å². The van der Waals surface area contributed by atoms with Gasteiger partial charge in [0.1, 0.15) is 6.07 Å². The predicted octanol–water partition coefficient (Wildman–Crippen LogP) is 2.14. The summed E-state index contributed by atoms with van der Waals surface area (Å²) in [6.45, 7) is 1.45. The van der Waals surface area contributed by atoms with Crippen LogP contribution in [0.2, 0.25) is 0 Å². The Hall–Kier alpha value is -2.07. The summed E-state index contributed by atoms with van der Waals surface area (Å²) >= 11 is 1.01. The fraction of sp³-hybridized carbons (Fsp3) is 0.273. The number of nitriles is 1. The second-order valence-corrected chi connectivity index (χ2v) is 4.29. The molecule has 6 nitrogen and oxygen atoms in total. The van der Waals surface area contributed by atoms with Gasteiger partial charge < -0.3 is 4.74 Å². The molecule has 18 heavy (non-hydrogen) atoms. The lowest BCUT2D eigenvalue weighted by Crippen LogP contribution is -2.14. The third kappa shape index (κ3) is 4.07. The standard InChI is InChI=1S/C11H10N2O4S/c1-8(6-12)17-11(14)7-18-10-5-3-2-4-9(10)13(15)16/h2-5,8H,7H2,1H3/t8-/m0/s1. The predicted molar refractivity (Wildman–Crippen MR) is 65.0 cm³/mol. The van der Waals surface area contributed by atoms with E-state index in [9.17, 15) is 14.9 Å². The molecule has 0 N–H and O–H groups in total. The van der Waals surface area contributed by atoms with Crippen molar-refractivity contribution in [2.75, 3.05) is 5.75 Å². The van der Waals surface area contributed by atoms with Gasteiger partial charge in [-0.2, -0.15) is 5.26 Å².